The molecule has 0 radical (unpaired) electrons. The zero-order valence-corrected chi connectivity index (χ0v) is 11.9. The molecule has 1 rings (SSSR count). The summed E-state index contributed by atoms with van der Waals surface area (Å²) in [5.74, 6) is -1.30. The molecule has 5 nitrogen and oxygen atoms in total. The minimum absolute atomic E-state index is 0.167. The fourth-order valence-electron chi connectivity index (χ4n) is 1.57. The number of rotatable bonds is 7. The van der Waals surface area contributed by atoms with Crippen molar-refractivity contribution in [1.82, 2.24) is 10.6 Å². The van der Waals surface area contributed by atoms with Crippen LogP contribution in [0.25, 0.3) is 0 Å². The van der Waals surface area contributed by atoms with Crippen molar-refractivity contribution in [3.8, 4) is 0 Å². The van der Waals surface area contributed by atoms with Gasteiger partial charge in [0.25, 0.3) is 0 Å². The fraction of sp³-hybridized carbons (Fsp3) is 0.429. The van der Waals surface area contributed by atoms with Crippen LogP contribution in [0.15, 0.2) is 24.3 Å². The molecule has 0 aliphatic heterocycles. The Bertz CT molecular complexity index is 478. The Morgan fingerprint density at radius 2 is 1.90 bits per heavy atom. The lowest BCUT2D eigenvalue weighted by molar-refractivity contribution is -0.131. The summed E-state index contributed by atoms with van der Waals surface area (Å²) in [5.41, 5.74) is 0.700. The molecule has 0 aromatic heterocycles. The summed E-state index contributed by atoms with van der Waals surface area (Å²) in [7, 11) is 0. The number of carbonyl (C=O) groups excluding carboxylic acids is 2. The molecule has 0 spiro atoms. The molecular formula is C14H18F2N2O3. The van der Waals surface area contributed by atoms with Crippen LogP contribution < -0.4 is 10.6 Å². The Kier molecular flexibility index (Phi) is 6.74. The van der Waals surface area contributed by atoms with Crippen LogP contribution in [0.2, 0.25) is 0 Å². The van der Waals surface area contributed by atoms with Crippen LogP contribution in [0.5, 0.6) is 0 Å². The first-order valence-electron chi connectivity index (χ1n) is 6.43. The van der Waals surface area contributed by atoms with E-state index in [0.717, 1.165) is 0 Å². The van der Waals surface area contributed by atoms with Crippen LogP contribution >= 0.6 is 0 Å². The van der Waals surface area contributed by atoms with Crippen molar-refractivity contribution < 1.29 is 23.1 Å². The third-order valence-corrected chi connectivity index (χ3v) is 2.57. The number of carbonyl (C=O) groups is 2. The summed E-state index contributed by atoms with van der Waals surface area (Å²) < 4.78 is 30.1. The van der Waals surface area contributed by atoms with E-state index in [1.54, 1.807) is 0 Å². The maximum Gasteiger partial charge on any atom is 0.245 e. The van der Waals surface area contributed by atoms with Crippen molar-refractivity contribution in [3.63, 3.8) is 0 Å². The molecule has 7 heteroatoms. The highest BCUT2D eigenvalue weighted by Crippen LogP contribution is 2.02. The van der Waals surface area contributed by atoms with E-state index in [1.807, 2.05) is 0 Å². The highest BCUT2D eigenvalue weighted by Gasteiger charge is 2.20. The van der Waals surface area contributed by atoms with Gasteiger partial charge in [-0.3, -0.25) is 9.59 Å². The minimum atomic E-state index is -1.54. The summed E-state index contributed by atoms with van der Waals surface area (Å²) in [6.45, 7) is 2.33. The van der Waals surface area contributed by atoms with Gasteiger partial charge in [0.15, 0.2) is 6.36 Å². The summed E-state index contributed by atoms with van der Waals surface area (Å²) >= 11 is 0. The number of ether oxygens (including phenoxy) is 1. The predicted molar refractivity (Wildman–Crippen MR) is 72.4 cm³/mol. The van der Waals surface area contributed by atoms with Crippen LogP contribution in [0.3, 0.4) is 0 Å². The van der Waals surface area contributed by atoms with Gasteiger partial charge in [0.05, 0.1) is 6.61 Å². The van der Waals surface area contributed by atoms with Gasteiger partial charge in [-0.1, -0.05) is 12.1 Å². The van der Waals surface area contributed by atoms with E-state index >= 15 is 0 Å². The van der Waals surface area contributed by atoms with Gasteiger partial charge in [0, 0.05) is 13.5 Å². The molecule has 2 amide bonds. The lowest BCUT2D eigenvalue weighted by Gasteiger charge is -2.18. The van der Waals surface area contributed by atoms with Crippen molar-refractivity contribution in [2.24, 2.45) is 0 Å². The average molecular weight is 300 g/mol. The van der Waals surface area contributed by atoms with Crippen molar-refractivity contribution in [2.75, 3.05) is 6.61 Å². The average Bonchev–Trinajstić information content (AvgIpc) is 2.42. The third-order valence-electron chi connectivity index (χ3n) is 2.57. The van der Waals surface area contributed by atoms with E-state index in [2.05, 4.69) is 10.6 Å². The van der Waals surface area contributed by atoms with Gasteiger partial charge in [0.2, 0.25) is 11.8 Å². The standard InChI is InChI=1S/C14H18F2N2O3/c1-9(15)21-8-13(18-10(2)19)14(20)17-7-11-3-5-12(16)6-4-11/h3-6,9,13H,7-8H2,1-2H3,(H,17,20)(H,18,19). The van der Waals surface area contributed by atoms with Crippen LogP contribution in [0.4, 0.5) is 8.78 Å². The lowest BCUT2D eigenvalue weighted by atomic mass is 10.2. The van der Waals surface area contributed by atoms with Gasteiger partial charge in [0.1, 0.15) is 11.9 Å². The van der Waals surface area contributed by atoms with Gasteiger partial charge in [-0.15, -0.1) is 0 Å². The number of nitrogens with one attached hydrogen (secondary N) is 2. The molecule has 0 heterocycles. The number of hydrogen-bond donors (Lipinski definition) is 2. The summed E-state index contributed by atoms with van der Waals surface area (Å²) in [6.07, 6.45) is -1.54. The smallest absolute Gasteiger partial charge is 0.245 e. The molecule has 2 atom stereocenters. The number of amides is 2. The SMILES string of the molecule is CC(=O)NC(COC(C)F)C(=O)NCc1ccc(F)cc1. The van der Waals surface area contributed by atoms with Gasteiger partial charge in [-0.25, -0.2) is 8.78 Å². The van der Waals surface area contributed by atoms with Crippen molar-refractivity contribution in [2.45, 2.75) is 32.8 Å². The first-order chi connectivity index (χ1) is 9.88. The zero-order valence-electron chi connectivity index (χ0n) is 11.9. The lowest BCUT2D eigenvalue weighted by Crippen LogP contribution is -2.48. The van der Waals surface area contributed by atoms with Crippen LogP contribution in [-0.4, -0.2) is 30.8 Å². The molecule has 0 fully saturated rings. The molecule has 2 unspecified atom stereocenters. The van der Waals surface area contributed by atoms with E-state index in [9.17, 15) is 18.4 Å². The quantitative estimate of drug-likeness (QED) is 0.797. The molecule has 116 valence electrons. The Labute approximate surface area is 121 Å². The van der Waals surface area contributed by atoms with Crippen LogP contribution in [-0.2, 0) is 20.9 Å². The molecular weight excluding hydrogens is 282 g/mol. The van der Waals surface area contributed by atoms with E-state index in [-0.39, 0.29) is 19.0 Å². The number of benzene rings is 1. The summed E-state index contributed by atoms with van der Waals surface area (Å²) in [4.78, 5) is 23.0. The van der Waals surface area contributed by atoms with Crippen molar-refractivity contribution in [1.29, 1.82) is 0 Å². The predicted octanol–water partition coefficient (Wildman–Crippen LogP) is 1.28. The van der Waals surface area contributed by atoms with E-state index in [1.165, 1.54) is 38.1 Å². The van der Waals surface area contributed by atoms with Gasteiger partial charge in [-0.05, 0) is 24.6 Å². The summed E-state index contributed by atoms with van der Waals surface area (Å²) in [5, 5.41) is 4.95. The molecule has 21 heavy (non-hydrogen) atoms. The highest BCUT2D eigenvalue weighted by molar-refractivity contribution is 5.86. The maximum atomic E-state index is 12.7. The molecule has 1 aromatic carbocycles. The van der Waals surface area contributed by atoms with Crippen LogP contribution in [0.1, 0.15) is 19.4 Å². The Morgan fingerprint density at radius 1 is 1.29 bits per heavy atom. The monoisotopic (exact) mass is 300 g/mol. The second-order valence-corrected chi connectivity index (χ2v) is 4.47. The Morgan fingerprint density at radius 3 is 2.43 bits per heavy atom. The molecule has 1 aromatic rings. The van der Waals surface area contributed by atoms with E-state index in [0.29, 0.717) is 5.56 Å². The van der Waals surface area contributed by atoms with E-state index in [4.69, 9.17) is 4.74 Å². The maximum absolute atomic E-state index is 12.7. The molecule has 0 aliphatic rings. The highest BCUT2D eigenvalue weighted by atomic mass is 19.1. The molecule has 0 saturated heterocycles. The fourth-order valence-corrected chi connectivity index (χ4v) is 1.57. The second kappa shape index (κ2) is 8.31. The first kappa shape index (κ1) is 17.0. The number of alkyl halides is 1. The topological polar surface area (TPSA) is 67.4 Å². The van der Waals surface area contributed by atoms with Crippen molar-refractivity contribution in [3.05, 3.63) is 35.6 Å². The normalized spacial score (nSPS) is 13.3. The number of hydrogen-bond acceptors (Lipinski definition) is 3. The zero-order chi connectivity index (χ0) is 15.8. The Hall–Kier alpha value is -2.02. The Balaban J connectivity index is 2.54. The van der Waals surface area contributed by atoms with Crippen LogP contribution in [0, 0.1) is 5.82 Å². The van der Waals surface area contributed by atoms with Gasteiger partial charge < -0.3 is 15.4 Å². The molecule has 2 N–H and O–H groups in total. The minimum Gasteiger partial charge on any atom is -0.350 e. The second-order valence-electron chi connectivity index (χ2n) is 4.47. The number of halogens is 2. The first-order valence-corrected chi connectivity index (χ1v) is 6.43. The van der Waals surface area contributed by atoms with Crippen molar-refractivity contribution >= 4 is 11.8 Å². The van der Waals surface area contributed by atoms with Gasteiger partial charge in [-0.2, -0.15) is 0 Å². The molecule has 0 bridgehead atoms. The van der Waals surface area contributed by atoms with E-state index < -0.39 is 24.2 Å². The van der Waals surface area contributed by atoms with Gasteiger partial charge >= 0.3 is 0 Å². The molecule has 0 aliphatic carbocycles. The third kappa shape index (κ3) is 6.80. The largest absolute Gasteiger partial charge is 0.350 e. The molecule has 0 saturated carbocycles. The summed E-state index contributed by atoms with van der Waals surface area (Å²) in [6, 6.07) is 4.63.